The fourth-order valence-corrected chi connectivity index (χ4v) is 4.29. The molecule has 1 fully saturated rings. The molecule has 1 aliphatic carbocycles. The van der Waals surface area contributed by atoms with Crippen molar-refractivity contribution >= 4 is 22.4 Å². The van der Waals surface area contributed by atoms with Gasteiger partial charge in [0.25, 0.3) is 5.91 Å². The Labute approximate surface area is 167 Å². The summed E-state index contributed by atoms with van der Waals surface area (Å²) >= 11 is 1.33. The second-order valence-electron chi connectivity index (χ2n) is 6.89. The van der Waals surface area contributed by atoms with E-state index in [4.69, 9.17) is 9.26 Å². The van der Waals surface area contributed by atoms with Gasteiger partial charge < -0.3 is 9.26 Å². The van der Waals surface area contributed by atoms with Crippen LogP contribution in [0.2, 0.25) is 0 Å². The lowest BCUT2D eigenvalue weighted by atomic mass is 9.87. The lowest BCUT2D eigenvalue weighted by Crippen LogP contribution is -2.10. The Morgan fingerprint density at radius 1 is 1.25 bits per heavy atom. The van der Waals surface area contributed by atoms with Crippen molar-refractivity contribution in [1.82, 2.24) is 15.4 Å². The van der Waals surface area contributed by atoms with E-state index in [1.54, 1.807) is 13.2 Å². The van der Waals surface area contributed by atoms with Crippen molar-refractivity contribution in [2.45, 2.75) is 44.4 Å². The zero-order valence-electron chi connectivity index (χ0n) is 15.7. The molecule has 0 radical (unpaired) electrons. The fourth-order valence-electron chi connectivity index (χ4n) is 3.53. The SMILES string of the molecule is COc1ccccc1Cc1nnc(NC(=O)c2cc(C3CCCCC3)no2)s1. The van der Waals surface area contributed by atoms with Crippen LogP contribution in [0, 0.1) is 0 Å². The van der Waals surface area contributed by atoms with Crippen molar-refractivity contribution in [2.75, 3.05) is 12.4 Å². The summed E-state index contributed by atoms with van der Waals surface area (Å²) in [7, 11) is 1.64. The monoisotopic (exact) mass is 398 g/mol. The van der Waals surface area contributed by atoms with E-state index in [9.17, 15) is 4.79 Å². The maximum absolute atomic E-state index is 12.5. The topological polar surface area (TPSA) is 90.1 Å². The third-order valence-corrected chi connectivity index (χ3v) is 5.84. The zero-order valence-corrected chi connectivity index (χ0v) is 16.5. The Morgan fingerprint density at radius 2 is 2.07 bits per heavy atom. The predicted molar refractivity (Wildman–Crippen MR) is 106 cm³/mol. The van der Waals surface area contributed by atoms with E-state index in [2.05, 4.69) is 20.7 Å². The molecule has 1 saturated carbocycles. The summed E-state index contributed by atoms with van der Waals surface area (Å²) in [6, 6.07) is 9.53. The standard InChI is InChI=1S/C20H22N4O3S/c1-26-16-10-6-5-9-14(16)11-18-22-23-20(28-18)21-19(25)17-12-15(24-27-17)13-7-3-2-4-8-13/h5-6,9-10,12-13H,2-4,7-8,11H2,1H3,(H,21,23,25). The quantitative estimate of drug-likeness (QED) is 0.661. The van der Waals surface area contributed by atoms with Crippen molar-refractivity contribution in [3.8, 4) is 5.75 Å². The van der Waals surface area contributed by atoms with Gasteiger partial charge in [0.05, 0.1) is 12.8 Å². The summed E-state index contributed by atoms with van der Waals surface area (Å²) in [4.78, 5) is 12.5. The molecule has 146 valence electrons. The Balaban J connectivity index is 1.39. The van der Waals surface area contributed by atoms with Crippen LogP contribution in [-0.4, -0.2) is 28.4 Å². The first-order chi connectivity index (χ1) is 13.7. The van der Waals surface area contributed by atoms with Gasteiger partial charge in [-0.3, -0.25) is 10.1 Å². The third kappa shape index (κ3) is 4.22. The van der Waals surface area contributed by atoms with Crippen molar-refractivity contribution in [3.05, 3.63) is 52.4 Å². The lowest BCUT2D eigenvalue weighted by Gasteiger charge is -2.18. The van der Waals surface area contributed by atoms with Crippen LogP contribution in [0.4, 0.5) is 5.13 Å². The van der Waals surface area contributed by atoms with Gasteiger partial charge in [0.15, 0.2) is 0 Å². The summed E-state index contributed by atoms with van der Waals surface area (Å²) in [5.41, 5.74) is 1.89. The molecule has 0 bridgehead atoms. The van der Waals surface area contributed by atoms with Crippen LogP contribution in [0.25, 0.3) is 0 Å². The maximum atomic E-state index is 12.5. The number of para-hydroxylation sites is 1. The van der Waals surface area contributed by atoms with Gasteiger partial charge in [-0.15, -0.1) is 10.2 Å². The second-order valence-corrected chi connectivity index (χ2v) is 7.96. The number of carbonyl (C=O) groups is 1. The van der Waals surface area contributed by atoms with Crippen LogP contribution in [0.3, 0.4) is 0 Å². The first kappa shape index (κ1) is 18.6. The molecule has 1 amide bonds. The smallest absolute Gasteiger partial charge is 0.296 e. The number of methoxy groups -OCH3 is 1. The number of carbonyl (C=O) groups excluding carboxylic acids is 1. The van der Waals surface area contributed by atoms with E-state index in [1.807, 2.05) is 24.3 Å². The average molecular weight is 398 g/mol. The number of aromatic nitrogens is 3. The number of nitrogens with zero attached hydrogens (tertiary/aromatic N) is 3. The largest absolute Gasteiger partial charge is 0.496 e. The van der Waals surface area contributed by atoms with Crippen LogP contribution in [0.1, 0.15) is 64.8 Å². The van der Waals surface area contributed by atoms with E-state index in [1.165, 1.54) is 30.6 Å². The average Bonchev–Trinajstić information content (AvgIpc) is 3.39. The Bertz CT molecular complexity index is 946. The number of hydrogen-bond acceptors (Lipinski definition) is 7. The number of amides is 1. The Hall–Kier alpha value is -2.74. The van der Waals surface area contributed by atoms with Crippen molar-refractivity contribution in [2.24, 2.45) is 0 Å². The Morgan fingerprint density at radius 3 is 2.89 bits per heavy atom. The minimum absolute atomic E-state index is 0.210. The molecule has 0 saturated heterocycles. The zero-order chi connectivity index (χ0) is 19.3. The van der Waals surface area contributed by atoms with E-state index in [-0.39, 0.29) is 11.7 Å². The van der Waals surface area contributed by atoms with E-state index < -0.39 is 0 Å². The molecule has 2 heterocycles. The summed E-state index contributed by atoms with van der Waals surface area (Å²) in [5.74, 6) is 1.06. The number of anilines is 1. The number of nitrogens with one attached hydrogen (secondary N) is 1. The molecule has 0 unspecified atom stereocenters. The van der Waals surface area contributed by atoms with Crippen LogP contribution < -0.4 is 10.1 Å². The molecule has 28 heavy (non-hydrogen) atoms. The summed E-state index contributed by atoms with van der Waals surface area (Å²) in [6.45, 7) is 0. The van der Waals surface area contributed by atoms with Gasteiger partial charge in [0.2, 0.25) is 10.9 Å². The maximum Gasteiger partial charge on any atom is 0.296 e. The molecule has 1 aromatic carbocycles. The summed E-state index contributed by atoms with van der Waals surface area (Å²) in [6.07, 6.45) is 6.49. The molecule has 1 aliphatic rings. The van der Waals surface area contributed by atoms with E-state index in [0.29, 0.717) is 17.5 Å². The number of rotatable bonds is 6. The normalized spacial score (nSPS) is 14.8. The molecule has 7 nitrogen and oxygen atoms in total. The van der Waals surface area contributed by atoms with Crippen LogP contribution in [0.5, 0.6) is 5.75 Å². The predicted octanol–water partition coefficient (Wildman–Crippen LogP) is 4.43. The van der Waals surface area contributed by atoms with Gasteiger partial charge in [-0.1, -0.05) is 54.0 Å². The molecule has 0 spiro atoms. The summed E-state index contributed by atoms with van der Waals surface area (Å²) in [5, 5.41) is 16.3. The highest BCUT2D eigenvalue weighted by atomic mass is 32.1. The second kappa shape index (κ2) is 8.52. The highest BCUT2D eigenvalue weighted by molar-refractivity contribution is 7.15. The molecular formula is C20H22N4O3S. The van der Waals surface area contributed by atoms with Gasteiger partial charge in [-0.05, 0) is 18.9 Å². The number of hydrogen-bond donors (Lipinski definition) is 1. The minimum atomic E-state index is -0.352. The van der Waals surface area contributed by atoms with E-state index >= 15 is 0 Å². The van der Waals surface area contributed by atoms with Crippen LogP contribution >= 0.6 is 11.3 Å². The first-order valence-corrected chi connectivity index (χ1v) is 10.3. The molecule has 3 aromatic rings. The highest BCUT2D eigenvalue weighted by Gasteiger charge is 2.22. The molecule has 8 heteroatoms. The van der Waals surface area contributed by atoms with Crippen molar-refractivity contribution < 1.29 is 14.1 Å². The van der Waals surface area contributed by atoms with Crippen molar-refractivity contribution in [3.63, 3.8) is 0 Å². The third-order valence-electron chi connectivity index (χ3n) is 5.00. The molecular weight excluding hydrogens is 376 g/mol. The van der Waals surface area contributed by atoms with Gasteiger partial charge >= 0.3 is 0 Å². The van der Waals surface area contributed by atoms with Gasteiger partial charge in [0.1, 0.15) is 10.8 Å². The number of ether oxygens (including phenoxy) is 1. The molecule has 1 N–H and O–H groups in total. The van der Waals surface area contributed by atoms with Crippen molar-refractivity contribution in [1.29, 1.82) is 0 Å². The minimum Gasteiger partial charge on any atom is -0.496 e. The first-order valence-electron chi connectivity index (χ1n) is 9.45. The molecule has 0 aliphatic heterocycles. The lowest BCUT2D eigenvalue weighted by molar-refractivity contribution is 0.0987. The summed E-state index contributed by atoms with van der Waals surface area (Å²) < 4.78 is 10.6. The number of benzene rings is 1. The molecule has 0 atom stereocenters. The molecule has 2 aromatic heterocycles. The van der Waals surface area contributed by atoms with Crippen LogP contribution in [-0.2, 0) is 6.42 Å². The van der Waals surface area contributed by atoms with Gasteiger partial charge in [0, 0.05) is 24.0 Å². The van der Waals surface area contributed by atoms with Gasteiger partial charge in [-0.2, -0.15) is 0 Å². The highest BCUT2D eigenvalue weighted by Crippen LogP contribution is 2.32. The van der Waals surface area contributed by atoms with Crippen LogP contribution in [0.15, 0.2) is 34.9 Å². The Kier molecular flexibility index (Phi) is 5.66. The molecule has 4 rings (SSSR count). The van der Waals surface area contributed by atoms with Gasteiger partial charge in [-0.25, -0.2) is 0 Å². The fraction of sp³-hybridized carbons (Fsp3) is 0.400. The van der Waals surface area contributed by atoms with E-state index in [0.717, 1.165) is 34.9 Å².